The lowest BCUT2D eigenvalue weighted by atomic mass is 9.96. The van der Waals surface area contributed by atoms with Gasteiger partial charge < -0.3 is 9.64 Å². The van der Waals surface area contributed by atoms with Crippen LogP contribution in [0.4, 0.5) is 4.39 Å². The number of aromatic nitrogens is 2. The third-order valence-electron chi connectivity index (χ3n) is 8.76. The molecule has 9 heteroatoms. The predicted octanol–water partition coefficient (Wildman–Crippen LogP) is 7.14. The Hall–Kier alpha value is -3.69. The summed E-state index contributed by atoms with van der Waals surface area (Å²) >= 11 is 1.51. The summed E-state index contributed by atoms with van der Waals surface area (Å²) in [7, 11) is 0. The van der Waals surface area contributed by atoms with Crippen molar-refractivity contribution in [3.8, 4) is 22.1 Å². The largest absolute Gasteiger partial charge is 0.453 e. The lowest BCUT2D eigenvalue weighted by Gasteiger charge is -2.36. The number of carbonyl (C=O) groups is 2. The number of carbonyl (C=O) groups excluding carboxylic acids is 2. The molecule has 0 spiro atoms. The normalized spacial score (nSPS) is 16.4. The van der Waals surface area contributed by atoms with Gasteiger partial charge in [0.15, 0.2) is 11.6 Å². The maximum atomic E-state index is 15.0. The van der Waals surface area contributed by atoms with Gasteiger partial charge in [0.1, 0.15) is 11.5 Å². The van der Waals surface area contributed by atoms with E-state index in [1.54, 1.807) is 24.4 Å². The lowest BCUT2D eigenvalue weighted by Crippen LogP contribution is -2.50. The van der Waals surface area contributed by atoms with E-state index in [-0.39, 0.29) is 29.8 Å². The number of rotatable bonds is 11. The number of amides is 1. The Labute approximate surface area is 262 Å². The van der Waals surface area contributed by atoms with Gasteiger partial charge in [-0.15, -0.1) is 11.3 Å². The van der Waals surface area contributed by atoms with Crippen LogP contribution in [0.2, 0.25) is 0 Å². The lowest BCUT2D eigenvalue weighted by molar-refractivity contribution is -0.138. The first kappa shape index (κ1) is 30.3. The number of benzene rings is 1. The number of Topliss-reactive ketones (excluding diaryl/α,β-unsaturated/α-hetero) is 1. The molecule has 2 fully saturated rings. The fraction of sp³-hybridized carbons (Fsp3) is 0.429. The minimum atomic E-state index is -0.487. The van der Waals surface area contributed by atoms with Crippen molar-refractivity contribution in [1.29, 1.82) is 0 Å². The highest BCUT2D eigenvalue weighted by Crippen LogP contribution is 2.39. The van der Waals surface area contributed by atoms with Crippen LogP contribution in [0.15, 0.2) is 54.9 Å². The van der Waals surface area contributed by atoms with Crippen LogP contribution in [0.5, 0.6) is 11.5 Å². The zero-order valence-corrected chi connectivity index (χ0v) is 26.4. The van der Waals surface area contributed by atoms with Gasteiger partial charge in [-0.25, -0.2) is 4.39 Å². The highest BCUT2D eigenvalue weighted by Gasteiger charge is 2.27. The molecule has 1 atom stereocenters. The Morgan fingerprint density at radius 1 is 0.977 bits per heavy atom. The summed E-state index contributed by atoms with van der Waals surface area (Å²) in [6.07, 6.45) is 6.66. The number of fused-ring (bicyclic) bond motifs is 1. The van der Waals surface area contributed by atoms with Gasteiger partial charge in [-0.05, 0) is 60.1 Å². The van der Waals surface area contributed by atoms with E-state index >= 15 is 0 Å². The van der Waals surface area contributed by atoms with Crippen LogP contribution in [-0.4, -0.2) is 57.6 Å². The number of hydrogen-bond donors (Lipinski definition) is 0. The van der Waals surface area contributed by atoms with Crippen LogP contribution in [-0.2, 0) is 22.6 Å². The topological polar surface area (TPSA) is 75.6 Å². The first-order chi connectivity index (χ1) is 21.2. The number of piperazine rings is 1. The molecule has 4 heterocycles. The second kappa shape index (κ2) is 13.1. The molecule has 6 rings (SSSR count). The molecule has 4 aromatic rings. The summed E-state index contributed by atoms with van der Waals surface area (Å²) in [5, 5.41) is 0. The third-order valence-corrected chi connectivity index (χ3v) is 9.92. The molecule has 1 saturated carbocycles. The average Bonchev–Trinajstić information content (AvgIpc) is 3.72. The van der Waals surface area contributed by atoms with Gasteiger partial charge in [-0.2, -0.15) is 0 Å². The van der Waals surface area contributed by atoms with E-state index in [1.165, 1.54) is 17.4 Å². The number of ether oxygens (including phenoxy) is 1. The Balaban J connectivity index is 1.08. The summed E-state index contributed by atoms with van der Waals surface area (Å²) in [5.41, 5.74) is 3.39. The van der Waals surface area contributed by atoms with Crippen molar-refractivity contribution < 1.29 is 18.7 Å². The van der Waals surface area contributed by atoms with Crippen molar-refractivity contribution in [2.75, 3.05) is 26.2 Å². The summed E-state index contributed by atoms with van der Waals surface area (Å²) in [6, 6.07) is 12.6. The molecule has 1 aliphatic carbocycles. The Morgan fingerprint density at radius 2 is 1.75 bits per heavy atom. The molecular weight excluding hydrogens is 575 g/mol. The van der Waals surface area contributed by atoms with Gasteiger partial charge in [0.05, 0.1) is 20.8 Å². The smallest absolute Gasteiger partial charge is 0.225 e. The fourth-order valence-corrected chi connectivity index (χ4v) is 6.58. The van der Waals surface area contributed by atoms with Crippen LogP contribution in [0, 0.1) is 23.6 Å². The van der Waals surface area contributed by atoms with Crippen LogP contribution >= 0.6 is 11.3 Å². The number of halogens is 1. The van der Waals surface area contributed by atoms with E-state index < -0.39 is 5.82 Å². The fourth-order valence-electron chi connectivity index (χ4n) is 5.54. The molecule has 3 aromatic heterocycles. The van der Waals surface area contributed by atoms with Crippen LogP contribution in [0.1, 0.15) is 51.2 Å². The van der Waals surface area contributed by atoms with Crippen molar-refractivity contribution in [2.45, 2.75) is 53.0 Å². The van der Waals surface area contributed by atoms with Crippen molar-refractivity contribution in [3.63, 3.8) is 0 Å². The summed E-state index contributed by atoms with van der Waals surface area (Å²) in [4.78, 5) is 39.5. The maximum Gasteiger partial charge on any atom is 0.225 e. The molecule has 44 heavy (non-hydrogen) atoms. The van der Waals surface area contributed by atoms with Gasteiger partial charge >= 0.3 is 0 Å². The van der Waals surface area contributed by atoms with Gasteiger partial charge in [0, 0.05) is 69.9 Å². The SMILES string of the molecule is CC(C)[C@H](C)C(=O)N1CCN(Cc2ccc(-c3cc4nccc(Oc5ccc(CC(=O)CC6CC6)cc5F)c4s3)nc2)CC1. The molecule has 0 bridgehead atoms. The van der Waals surface area contributed by atoms with E-state index in [0.717, 1.165) is 71.9 Å². The average molecular weight is 615 g/mol. The van der Waals surface area contributed by atoms with E-state index in [1.807, 2.05) is 30.2 Å². The quantitative estimate of drug-likeness (QED) is 0.179. The minimum Gasteiger partial charge on any atom is -0.453 e. The predicted molar refractivity (Wildman–Crippen MR) is 171 cm³/mol. The molecule has 2 aliphatic rings. The number of thiophene rings is 1. The highest BCUT2D eigenvalue weighted by atomic mass is 32.1. The zero-order valence-electron chi connectivity index (χ0n) is 25.6. The molecule has 1 saturated heterocycles. The molecule has 0 N–H and O–H groups in total. The second-order valence-corrected chi connectivity index (χ2v) is 13.6. The maximum absolute atomic E-state index is 15.0. The van der Waals surface area contributed by atoms with Crippen molar-refractivity contribution in [2.24, 2.45) is 17.8 Å². The monoisotopic (exact) mass is 614 g/mol. The van der Waals surface area contributed by atoms with Gasteiger partial charge in [-0.1, -0.05) is 32.9 Å². The number of hydrogen-bond acceptors (Lipinski definition) is 7. The zero-order chi connectivity index (χ0) is 30.8. The Kier molecular flexibility index (Phi) is 9.05. The molecule has 0 radical (unpaired) electrons. The summed E-state index contributed by atoms with van der Waals surface area (Å²) in [5.74, 6) is 1.50. The van der Waals surface area contributed by atoms with Crippen LogP contribution < -0.4 is 4.74 Å². The van der Waals surface area contributed by atoms with Gasteiger partial charge in [0.2, 0.25) is 5.91 Å². The Bertz CT molecular complexity index is 1640. The van der Waals surface area contributed by atoms with Gasteiger partial charge in [-0.3, -0.25) is 24.5 Å². The van der Waals surface area contributed by atoms with Crippen molar-refractivity contribution in [3.05, 3.63) is 71.8 Å². The summed E-state index contributed by atoms with van der Waals surface area (Å²) < 4.78 is 21.8. The first-order valence-electron chi connectivity index (χ1n) is 15.6. The first-order valence-corrected chi connectivity index (χ1v) is 16.4. The van der Waals surface area contributed by atoms with Crippen LogP contribution in [0.3, 0.4) is 0 Å². The standard InChI is InChI=1S/C35H39FN4O3S/c1-22(2)23(3)35(42)40-14-12-39(13-15-40)21-26-6-8-29(38-20-26)33-19-30-34(44-33)32(10-11-37-30)43-31-9-7-25(18-28(31)36)17-27(41)16-24-4-5-24/h6-11,18-20,22-24H,4-5,12-17,21H2,1-3H3/t23-/m0/s1. The number of nitrogens with zero attached hydrogens (tertiary/aromatic N) is 4. The van der Waals surface area contributed by atoms with E-state index in [4.69, 9.17) is 9.72 Å². The highest BCUT2D eigenvalue weighted by molar-refractivity contribution is 7.22. The number of ketones is 1. The molecule has 1 aliphatic heterocycles. The number of pyridine rings is 2. The molecule has 230 valence electrons. The molecule has 1 amide bonds. The van der Waals surface area contributed by atoms with Gasteiger partial charge in [0.25, 0.3) is 0 Å². The van der Waals surface area contributed by atoms with Crippen molar-refractivity contribution >= 4 is 33.2 Å². The molecule has 0 unspecified atom stereocenters. The molecular formula is C35H39FN4O3S. The van der Waals surface area contributed by atoms with E-state index in [0.29, 0.717) is 29.6 Å². The van der Waals surface area contributed by atoms with Crippen molar-refractivity contribution in [1.82, 2.24) is 19.8 Å². The third kappa shape index (κ3) is 7.16. The minimum absolute atomic E-state index is 0.0526. The second-order valence-electron chi connectivity index (χ2n) is 12.5. The summed E-state index contributed by atoms with van der Waals surface area (Å²) in [6.45, 7) is 10.2. The Morgan fingerprint density at radius 3 is 2.43 bits per heavy atom. The van der Waals surface area contributed by atoms with Crippen LogP contribution in [0.25, 0.3) is 20.8 Å². The molecule has 1 aromatic carbocycles. The van der Waals surface area contributed by atoms with E-state index in [2.05, 4.69) is 29.8 Å². The molecule has 7 nitrogen and oxygen atoms in total. The van der Waals surface area contributed by atoms with E-state index in [9.17, 15) is 14.0 Å².